The topological polar surface area (TPSA) is 64.9 Å². The number of methoxy groups -OCH3 is 1. The molecule has 114 valence electrons. The lowest BCUT2D eigenvalue weighted by atomic mass is 10.0. The summed E-state index contributed by atoms with van der Waals surface area (Å²) in [6.07, 6.45) is 2.12. The van der Waals surface area contributed by atoms with Gasteiger partial charge in [-0.15, -0.1) is 0 Å². The van der Waals surface area contributed by atoms with Crippen LogP contribution in [0.1, 0.15) is 17.2 Å². The molecule has 0 bridgehead atoms. The lowest BCUT2D eigenvalue weighted by molar-refractivity contribution is 0.414. The number of aromatic nitrogens is 4. The number of anilines is 1. The molecule has 1 aliphatic heterocycles. The van der Waals surface area contributed by atoms with E-state index in [0.717, 1.165) is 22.6 Å². The predicted molar refractivity (Wildman–Crippen MR) is 87.0 cm³/mol. The van der Waals surface area contributed by atoms with Gasteiger partial charge in [-0.3, -0.25) is 0 Å². The second-order valence-corrected chi connectivity index (χ2v) is 5.24. The molecule has 0 unspecified atom stereocenters. The Balaban J connectivity index is 1.80. The van der Waals surface area contributed by atoms with Crippen LogP contribution in [0.5, 0.6) is 5.75 Å². The summed E-state index contributed by atoms with van der Waals surface area (Å²) < 4.78 is 7.09. The van der Waals surface area contributed by atoms with Gasteiger partial charge in [0.1, 0.15) is 11.8 Å². The number of allylic oxidation sites excluding steroid dienone is 1. The van der Waals surface area contributed by atoms with Gasteiger partial charge in [-0.2, -0.15) is 4.68 Å². The van der Waals surface area contributed by atoms with E-state index in [2.05, 4.69) is 39.1 Å². The first-order chi connectivity index (χ1) is 11.3. The number of hydrogen-bond donors (Lipinski definition) is 1. The number of benzene rings is 2. The van der Waals surface area contributed by atoms with Gasteiger partial charge in [-0.1, -0.05) is 47.6 Å². The highest BCUT2D eigenvalue weighted by Gasteiger charge is 2.24. The molecule has 2 aromatic carbocycles. The van der Waals surface area contributed by atoms with Crippen molar-refractivity contribution in [1.82, 2.24) is 20.2 Å². The lowest BCUT2D eigenvalue weighted by Gasteiger charge is -2.23. The minimum Gasteiger partial charge on any atom is -0.497 e. The van der Waals surface area contributed by atoms with Crippen molar-refractivity contribution in [2.24, 2.45) is 0 Å². The van der Waals surface area contributed by atoms with Gasteiger partial charge in [0, 0.05) is 11.3 Å². The summed E-state index contributed by atoms with van der Waals surface area (Å²) >= 11 is 0. The van der Waals surface area contributed by atoms with Gasteiger partial charge >= 0.3 is 0 Å². The molecule has 0 radical (unpaired) electrons. The molecule has 1 aliphatic rings. The van der Waals surface area contributed by atoms with Crippen molar-refractivity contribution in [1.29, 1.82) is 0 Å². The molecule has 0 aliphatic carbocycles. The van der Waals surface area contributed by atoms with Crippen LogP contribution in [-0.4, -0.2) is 27.3 Å². The minimum absolute atomic E-state index is 0.0522. The molecule has 6 nitrogen and oxygen atoms in total. The number of rotatable bonds is 3. The second-order valence-electron chi connectivity index (χ2n) is 5.24. The summed E-state index contributed by atoms with van der Waals surface area (Å²) in [6, 6.07) is 18.0. The Bertz CT molecular complexity index is 856. The minimum atomic E-state index is -0.0522. The molecular formula is C17H15N5O. The monoisotopic (exact) mass is 305 g/mol. The summed E-state index contributed by atoms with van der Waals surface area (Å²) in [5.41, 5.74) is 3.11. The number of fused-ring (bicyclic) bond motifs is 1. The number of hydrogen-bond acceptors (Lipinski definition) is 5. The Morgan fingerprint density at radius 3 is 2.78 bits per heavy atom. The normalized spacial score (nSPS) is 16.2. The van der Waals surface area contributed by atoms with Crippen molar-refractivity contribution in [2.75, 3.05) is 12.4 Å². The third-order valence-corrected chi connectivity index (χ3v) is 3.85. The smallest absolute Gasteiger partial charge is 0.248 e. The Morgan fingerprint density at radius 2 is 1.96 bits per heavy atom. The van der Waals surface area contributed by atoms with E-state index < -0.39 is 0 Å². The molecular weight excluding hydrogens is 290 g/mol. The van der Waals surface area contributed by atoms with Gasteiger partial charge in [-0.25, -0.2) is 0 Å². The molecule has 0 saturated heterocycles. The summed E-state index contributed by atoms with van der Waals surface area (Å²) in [7, 11) is 1.66. The van der Waals surface area contributed by atoms with Crippen molar-refractivity contribution in [3.05, 3.63) is 71.8 Å². The molecule has 1 aromatic heterocycles. The lowest BCUT2D eigenvalue weighted by Crippen LogP contribution is -2.20. The van der Waals surface area contributed by atoms with Crippen molar-refractivity contribution in [2.45, 2.75) is 6.04 Å². The van der Waals surface area contributed by atoms with Crippen LogP contribution in [0, 0.1) is 0 Å². The first-order valence-corrected chi connectivity index (χ1v) is 7.31. The molecule has 4 rings (SSSR count). The number of nitrogens with zero attached hydrogens (tertiary/aromatic N) is 4. The van der Waals surface area contributed by atoms with Crippen LogP contribution in [0.2, 0.25) is 0 Å². The summed E-state index contributed by atoms with van der Waals surface area (Å²) in [4.78, 5) is 0. The maximum atomic E-state index is 5.31. The van der Waals surface area contributed by atoms with Crippen LogP contribution in [0.25, 0.3) is 5.70 Å². The van der Waals surface area contributed by atoms with Gasteiger partial charge < -0.3 is 10.1 Å². The average molecular weight is 305 g/mol. The van der Waals surface area contributed by atoms with Crippen LogP contribution in [-0.2, 0) is 0 Å². The van der Waals surface area contributed by atoms with Crippen molar-refractivity contribution in [3.8, 4) is 5.75 Å². The van der Waals surface area contributed by atoms with E-state index in [1.54, 1.807) is 11.8 Å². The zero-order valence-electron chi connectivity index (χ0n) is 12.5. The first kappa shape index (κ1) is 13.5. The molecule has 2 heterocycles. The summed E-state index contributed by atoms with van der Waals surface area (Å²) in [6.45, 7) is 0. The highest BCUT2D eigenvalue weighted by molar-refractivity contribution is 5.77. The maximum absolute atomic E-state index is 5.31. The van der Waals surface area contributed by atoms with Crippen LogP contribution >= 0.6 is 0 Å². The molecule has 1 N–H and O–H groups in total. The van der Waals surface area contributed by atoms with Gasteiger partial charge in [0.2, 0.25) is 5.95 Å². The average Bonchev–Trinajstić information content (AvgIpc) is 3.10. The third-order valence-electron chi connectivity index (χ3n) is 3.85. The third kappa shape index (κ3) is 2.44. The number of nitrogens with one attached hydrogen (secondary N) is 1. The zero-order valence-corrected chi connectivity index (χ0v) is 12.5. The molecule has 6 heteroatoms. The summed E-state index contributed by atoms with van der Waals surface area (Å²) in [5, 5.41) is 15.2. The number of tetrazole rings is 1. The molecule has 0 amide bonds. The predicted octanol–water partition coefficient (Wildman–Crippen LogP) is 2.74. The Labute approximate surface area is 133 Å². The van der Waals surface area contributed by atoms with E-state index >= 15 is 0 Å². The second kappa shape index (κ2) is 5.57. The van der Waals surface area contributed by atoms with Gasteiger partial charge in [0.15, 0.2) is 0 Å². The van der Waals surface area contributed by atoms with Gasteiger partial charge in [0.05, 0.1) is 7.11 Å². The first-order valence-electron chi connectivity index (χ1n) is 7.31. The van der Waals surface area contributed by atoms with Crippen LogP contribution in [0.4, 0.5) is 5.95 Å². The SMILES string of the molecule is COc1cccc(C2=C[C@@H](c3ccccc3)n3nnnc3N2)c1. The Kier molecular flexibility index (Phi) is 3.27. The van der Waals surface area contributed by atoms with E-state index in [4.69, 9.17) is 4.74 Å². The van der Waals surface area contributed by atoms with Crippen molar-refractivity contribution >= 4 is 11.6 Å². The van der Waals surface area contributed by atoms with E-state index in [1.807, 2.05) is 42.5 Å². The molecule has 0 saturated carbocycles. The molecule has 0 spiro atoms. The van der Waals surface area contributed by atoms with Gasteiger partial charge in [-0.05, 0) is 34.2 Å². The van der Waals surface area contributed by atoms with Crippen LogP contribution in [0.3, 0.4) is 0 Å². The highest BCUT2D eigenvalue weighted by Crippen LogP contribution is 2.32. The Morgan fingerprint density at radius 1 is 1.09 bits per heavy atom. The molecule has 23 heavy (non-hydrogen) atoms. The largest absolute Gasteiger partial charge is 0.497 e. The fourth-order valence-corrected chi connectivity index (χ4v) is 2.70. The van der Waals surface area contributed by atoms with Crippen molar-refractivity contribution < 1.29 is 4.74 Å². The molecule has 1 atom stereocenters. The van der Waals surface area contributed by atoms with Crippen molar-refractivity contribution in [3.63, 3.8) is 0 Å². The fourth-order valence-electron chi connectivity index (χ4n) is 2.70. The van der Waals surface area contributed by atoms with Gasteiger partial charge in [0.25, 0.3) is 0 Å². The molecule has 3 aromatic rings. The highest BCUT2D eigenvalue weighted by atomic mass is 16.5. The summed E-state index contributed by atoms with van der Waals surface area (Å²) in [5.74, 6) is 1.44. The quantitative estimate of drug-likeness (QED) is 0.806. The Hall–Kier alpha value is -3.15. The van der Waals surface area contributed by atoms with E-state index in [9.17, 15) is 0 Å². The number of ether oxygens (including phenoxy) is 1. The maximum Gasteiger partial charge on any atom is 0.248 e. The van der Waals surface area contributed by atoms with Crippen LogP contribution in [0.15, 0.2) is 60.7 Å². The van der Waals surface area contributed by atoms with E-state index in [-0.39, 0.29) is 6.04 Å². The fraction of sp³-hybridized carbons (Fsp3) is 0.118. The zero-order chi connectivity index (χ0) is 15.6. The van der Waals surface area contributed by atoms with E-state index in [1.165, 1.54) is 0 Å². The standard InChI is InChI=1S/C17H15N5O/c1-23-14-9-5-8-13(10-14)15-11-16(12-6-3-2-4-7-12)22-17(18-15)19-20-21-22/h2-11,16H,1H3,(H,18,19,21)/t16-/m0/s1. The van der Waals surface area contributed by atoms with Crippen LogP contribution < -0.4 is 10.1 Å². The van der Waals surface area contributed by atoms with E-state index in [0.29, 0.717) is 5.95 Å². The molecule has 0 fully saturated rings.